The molecule has 1 amide bonds. The largest absolute Gasteiger partial charge is 0.468 e. The molecule has 2 aromatic heterocycles. The third kappa shape index (κ3) is 3.05. The minimum absolute atomic E-state index is 0.147. The van der Waals surface area contributed by atoms with Crippen LogP contribution in [0.1, 0.15) is 15.5 Å². The molecule has 2 heterocycles. The number of hydrogen-bond donors (Lipinski definition) is 1. The molecule has 0 aliphatic rings. The maximum absolute atomic E-state index is 12.0. The molecule has 7 heteroatoms. The van der Waals surface area contributed by atoms with E-state index in [2.05, 4.69) is 15.0 Å². The van der Waals surface area contributed by atoms with E-state index in [-0.39, 0.29) is 12.5 Å². The van der Waals surface area contributed by atoms with Crippen LogP contribution in [-0.4, -0.2) is 35.1 Å². The van der Waals surface area contributed by atoms with Crippen LogP contribution in [0.2, 0.25) is 0 Å². The number of esters is 1. The summed E-state index contributed by atoms with van der Waals surface area (Å²) in [5, 5.41) is 5.43. The topological polar surface area (TPSA) is 73.2 Å². The molecule has 0 bridgehead atoms. The number of hydrogen-bond acceptors (Lipinski definition) is 5. The Labute approximate surface area is 120 Å². The van der Waals surface area contributed by atoms with Gasteiger partial charge in [-0.1, -0.05) is 0 Å². The summed E-state index contributed by atoms with van der Waals surface area (Å²) in [5.41, 5.74) is 2.18. The average Bonchev–Trinajstić information content (AvgIpc) is 3.01. The molecular formula is C13H15N3O3S. The van der Waals surface area contributed by atoms with Crippen LogP contribution in [0.3, 0.4) is 0 Å². The molecule has 0 radical (unpaired) electrons. The van der Waals surface area contributed by atoms with Crippen LogP contribution >= 0.6 is 11.3 Å². The Morgan fingerprint density at radius 3 is 2.85 bits per heavy atom. The number of aromatic nitrogens is 2. The van der Waals surface area contributed by atoms with Crippen molar-refractivity contribution in [2.24, 2.45) is 7.05 Å². The van der Waals surface area contributed by atoms with Gasteiger partial charge in [-0.25, -0.2) is 4.98 Å². The number of methoxy groups -OCH3 is 1. The maximum atomic E-state index is 12.0. The summed E-state index contributed by atoms with van der Waals surface area (Å²) in [5.74, 6) is -0.806. The van der Waals surface area contributed by atoms with Crippen molar-refractivity contribution >= 4 is 23.2 Å². The van der Waals surface area contributed by atoms with E-state index < -0.39 is 5.97 Å². The first-order valence-corrected chi connectivity index (χ1v) is 6.83. The van der Waals surface area contributed by atoms with Crippen LogP contribution in [-0.2, 0) is 16.6 Å². The Morgan fingerprint density at radius 2 is 2.25 bits per heavy atom. The maximum Gasteiger partial charge on any atom is 0.325 e. The van der Waals surface area contributed by atoms with E-state index in [0.717, 1.165) is 16.3 Å². The Hall–Kier alpha value is -2.15. The monoisotopic (exact) mass is 293 g/mol. The molecular weight excluding hydrogens is 278 g/mol. The Balaban J connectivity index is 2.15. The molecule has 20 heavy (non-hydrogen) atoms. The fourth-order valence-electron chi connectivity index (χ4n) is 1.74. The van der Waals surface area contributed by atoms with Crippen LogP contribution in [0.5, 0.6) is 0 Å². The van der Waals surface area contributed by atoms with Crippen molar-refractivity contribution in [1.29, 1.82) is 0 Å². The molecule has 0 saturated carbocycles. The zero-order valence-corrected chi connectivity index (χ0v) is 12.3. The number of aryl methyl sites for hydroxylation is 2. The summed E-state index contributed by atoms with van der Waals surface area (Å²) in [6.45, 7) is 1.78. The van der Waals surface area contributed by atoms with E-state index in [1.165, 1.54) is 7.11 Å². The van der Waals surface area contributed by atoms with E-state index in [4.69, 9.17) is 0 Å². The fourth-order valence-corrected chi connectivity index (χ4v) is 2.36. The number of nitrogens with zero attached hydrogens (tertiary/aromatic N) is 2. The van der Waals surface area contributed by atoms with Gasteiger partial charge in [0, 0.05) is 24.2 Å². The van der Waals surface area contributed by atoms with Crippen LogP contribution in [0.4, 0.5) is 0 Å². The van der Waals surface area contributed by atoms with Crippen molar-refractivity contribution in [1.82, 2.24) is 14.9 Å². The quantitative estimate of drug-likeness (QED) is 0.864. The minimum atomic E-state index is -0.483. The zero-order valence-electron chi connectivity index (χ0n) is 11.5. The number of ether oxygens (including phenoxy) is 1. The Bertz CT molecular complexity index is 645. The molecule has 0 spiro atoms. The number of rotatable bonds is 4. The van der Waals surface area contributed by atoms with Crippen molar-refractivity contribution in [3.05, 3.63) is 28.3 Å². The highest BCUT2D eigenvalue weighted by atomic mass is 32.1. The zero-order chi connectivity index (χ0) is 14.7. The van der Waals surface area contributed by atoms with Gasteiger partial charge in [0.1, 0.15) is 12.2 Å². The first kappa shape index (κ1) is 14.3. The van der Waals surface area contributed by atoms with Gasteiger partial charge in [0.2, 0.25) is 0 Å². The van der Waals surface area contributed by atoms with Gasteiger partial charge in [-0.15, -0.1) is 11.3 Å². The van der Waals surface area contributed by atoms with E-state index in [0.29, 0.717) is 5.69 Å². The molecule has 0 aromatic carbocycles. The standard InChI is InChI=1S/C13H15N3O3S/c1-8-15-10(7-20-8)9-4-11(16(2)6-9)13(18)14-5-12(17)19-3/h4,6-7H,5H2,1-3H3,(H,14,18). The number of thiazole rings is 1. The average molecular weight is 293 g/mol. The second kappa shape index (κ2) is 5.87. The normalized spacial score (nSPS) is 10.3. The van der Waals surface area contributed by atoms with Crippen LogP contribution in [0.15, 0.2) is 17.6 Å². The van der Waals surface area contributed by atoms with Gasteiger partial charge in [-0.2, -0.15) is 0 Å². The lowest BCUT2D eigenvalue weighted by Gasteiger charge is -2.04. The van der Waals surface area contributed by atoms with Crippen LogP contribution in [0, 0.1) is 6.92 Å². The smallest absolute Gasteiger partial charge is 0.325 e. The van der Waals surface area contributed by atoms with Gasteiger partial charge >= 0.3 is 5.97 Å². The predicted octanol–water partition coefficient (Wildman–Crippen LogP) is 1.36. The number of nitrogens with one attached hydrogen (secondary N) is 1. The lowest BCUT2D eigenvalue weighted by atomic mass is 10.2. The molecule has 0 fully saturated rings. The molecule has 106 valence electrons. The first-order chi connectivity index (χ1) is 9.51. The van der Waals surface area contributed by atoms with Crippen LogP contribution < -0.4 is 5.32 Å². The Morgan fingerprint density at radius 1 is 1.50 bits per heavy atom. The summed E-state index contributed by atoms with van der Waals surface area (Å²) in [6, 6.07) is 1.75. The highest BCUT2D eigenvalue weighted by molar-refractivity contribution is 7.09. The highest BCUT2D eigenvalue weighted by Crippen LogP contribution is 2.23. The van der Waals surface area contributed by atoms with E-state index in [9.17, 15) is 9.59 Å². The molecule has 2 rings (SSSR count). The summed E-state index contributed by atoms with van der Waals surface area (Å²) < 4.78 is 6.18. The van der Waals surface area contributed by atoms with Gasteiger partial charge in [0.15, 0.2) is 0 Å². The highest BCUT2D eigenvalue weighted by Gasteiger charge is 2.14. The minimum Gasteiger partial charge on any atom is -0.468 e. The van der Waals surface area contributed by atoms with Crippen molar-refractivity contribution in [3.8, 4) is 11.3 Å². The fraction of sp³-hybridized carbons (Fsp3) is 0.308. The summed E-state index contributed by atoms with van der Waals surface area (Å²) in [7, 11) is 3.05. The molecule has 0 aliphatic heterocycles. The number of carbonyl (C=O) groups is 2. The second-order valence-electron chi connectivity index (χ2n) is 4.24. The van der Waals surface area contributed by atoms with Crippen molar-refractivity contribution in [2.75, 3.05) is 13.7 Å². The van der Waals surface area contributed by atoms with Gasteiger partial charge in [-0.05, 0) is 13.0 Å². The van der Waals surface area contributed by atoms with Gasteiger partial charge in [0.05, 0.1) is 17.8 Å². The summed E-state index contributed by atoms with van der Waals surface area (Å²) in [4.78, 5) is 27.4. The SMILES string of the molecule is COC(=O)CNC(=O)c1cc(-c2csc(C)n2)cn1C. The molecule has 2 aromatic rings. The van der Waals surface area contributed by atoms with Crippen molar-refractivity contribution in [2.45, 2.75) is 6.92 Å². The molecule has 6 nitrogen and oxygen atoms in total. The lowest BCUT2D eigenvalue weighted by molar-refractivity contribution is -0.139. The van der Waals surface area contributed by atoms with Gasteiger partial charge < -0.3 is 14.6 Å². The molecule has 0 saturated heterocycles. The van der Waals surface area contributed by atoms with Gasteiger partial charge in [0.25, 0.3) is 5.91 Å². The van der Waals surface area contributed by atoms with E-state index >= 15 is 0 Å². The first-order valence-electron chi connectivity index (χ1n) is 5.95. The molecule has 0 atom stereocenters. The Kier molecular flexibility index (Phi) is 4.19. The predicted molar refractivity (Wildman–Crippen MR) is 75.6 cm³/mol. The molecule has 1 N–H and O–H groups in total. The molecule has 0 aliphatic carbocycles. The van der Waals surface area contributed by atoms with E-state index in [1.54, 1.807) is 29.0 Å². The second-order valence-corrected chi connectivity index (χ2v) is 5.30. The van der Waals surface area contributed by atoms with Gasteiger partial charge in [-0.3, -0.25) is 9.59 Å². The third-order valence-electron chi connectivity index (χ3n) is 2.77. The van der Waals surface area contributed by atoms with E-state index in [1.807, 2.05) is 18.5 Å². The lowest BCUT2D eigenvalue weighted by Crippen LogP contribution is -2.31. The van der Waals surface area contributed by atoms with Crippen molar-refractivity contribution in [3.63, 3.8) is 0 Å². The van der Waals surface area contributed by atoms with Crippen molar-refractivity contribution < 1.29 is 14.3 Å². The van der Waals surface area contributed by atoms with Crippen LogP contribution in [0.25, 0.3) is 11.3 Å². The third-order valence-corrected chi connectivity index (χ3v) is 3.55. The molecule has 0 unspecified atom stereocenters. The summed E-state index contributed by atoms with van der Waals surface area (Å²) >= 11 is 1.56. The number of carbonyl (C=O) groups excluding carboxylic acids is 2. The summed E-state index contributed by atoms with van der Waals surface area (Å²) in [6.07, 6.45) is 1.83. The number of amides is 1.